The number of hydrogen-bond donors (Lipinski definition) is 1. The molecule has 0 spiro atoms. The smallest absolute Gasteiger partial charge is 0.131 e. The molecule has 0 aliphatic carbocycles. The Hall–Kier alpha value is -1.16. The van der Waals surface area contributed by atoms with Gasteiger partial charge in [0.25, 0.3) is 0 Å². The summed E-state index contributed by atoms with van der Waals surface area (Å²) in [4.78, 5) is 0. The Morgan fingerprint density at radius 2 is 1.68 bits per heavy atom. The molecule has 0 saturated carbocycles. The van der Waals surface area contributed by atoms with Gasteiger partial charge in [0, 0.05) is 21.7 Å². The number of rotatable bonds is 2. The van der Waals surface area contributed by atoms with Crippen LogP contribution < -0.4 is 5.73 Å². The van der Waals surface area contributed by atoms with Crippen LogP contribution in [-0.2, 0) is 0 Å². The Labute approximate surface area is 119 Å². The van der Waals surface area contributed by atoms with Gasteiger partial charge in [0.15, 0.2) is 0 Å². The minimum atomic E-state index is -0.774. The molecule has 19 heavy (non-hydrogen) atoms. The van der Waals surface area contributed by atoms with Crippen LogP contribution >= 0.6 is 23.2 Å². The van der Waals surface area contributed by atoms with Gasteiger partial charge in [0.05, 0.1) is 6.04 Å². The molecule has 0 amide bonds. The molecule has 0 saturated heterocycles. The molecule has 0 fully saturated rings. The molecular weight excluding hydrogens is 291 g/mol. The number of aryl methyl sites for hydroxylation is 1. The summed E-state index contributed by atoms with van der Waals surface area (Å²) < 4.78 is 27.0. The van der Waals surface area contributed by atoms with E-state index >= 15 is 0 Å². The maximum atomic E-state index is 13.8. The highest BCUT2D eigenvalue weighted by molar-refractivity contribution is 6.35. The largest absolute Gasteiger partial charge is 0.320 e. The predicted molar refractivity (Wildman–Crippen MR) is 73.6 cm³/mol. The van der Waals surface area contributed by atoms with Crippen molar-refractivity contribution in [3.8, 4) is 0 Å². The zero-order chi connectivity index (χ0) is 14.2. The van der Waals surface area contributed by atoms with Crippen LogP contribution in [-0.4, -0.2) is 0 Å². The van der Waals surface area contributed by atoms with Crippen molar-refractivity contribution in [2.24, 2.45) is 5.73 Å². The molecule has 0 aliphatic heterocycles. The van der Waals surface area contributed by atoms with Gasteiger partial charge >= 0.3 is 0 Å². The molecule has 1 unspecified atom stereocenters. The molecule has 2 rings (SSSR count). The van der Waals surface area contributed by atoms with Crippen LogP contribution in [0.4, 0.5) is 8.78 Å². The Kier molecular flexibility index (Phi) is 4.09. The highest BCUT2D eigenvalue weighted by Crippen LogP contribution is 2.30. The van der Waals surface area contributed by atoms with E-state index in [0.29, 0.717) is 21.2 Å². The van der Waals surface area contributed by atoms with Crippen molar-refractivity contribution in [1.29, 1.82) is 0 Å². The minimum Gasteiger partial charge on any atom is -0.320 e. The van der Waals surface area contributed by atoms with E-state index in [-0.39, 0.29) is 5.56 Å². The van der Waals surface area contributed by atoms with Gasteiger partial charge < -0.3 is 5.73 Å². The molecule has 2 N–H and O–H groups in total. The molecular formula is C14H11Cl2F2N. The van der Waals surface area contributed by atoms with Crippen molar-refractivity contribution < 1.29 is 8.78 Å². The highest BCUT2D eigenvalue weighted by atomic mass is 35.5. The van der Waals surface area contributed by atoms with Gasteiger partial charge in [0.2, 0.25) is 0 Å². The summed E-state index contributed by atoms with van der Waals surface area (Å²) in [7, 11) is 0. The van der Waals surface area contributed by atoms with Crippen molar-refractivity contribution in [3.05, 3.63) is 68.7 Å². The fourth-order valence-corrected chi connectivity index (χ4v) is 2.37. The molecule has 0 heterocycles. The van der Waals surface area contributed by atoms with Gasteiger partial charge in [-0.05, 0) is 36.2 Å². The molecule has 0 aliphatic rings. The lowest BCUT2D eigenvalue weighted by atomic mass is 9.97. The third-order valence-electron chi connectivity index (χ3n) is 2.91. The summed E-state index contributed by atoms with van der Waals surface area (Å²) >= 11 is 11.8. The second-order valence-electron chi connectivity index (χ2n) is 4.27. The van der Waals surface area contributed by atoms with Gasteiger partial charge in [-0.15, -0.1) is 0 Å². The van der Waals surface area contributed by atoms with E-state index in [0.717, 1.165) is 6.07 Å². The lowest BCUT2D eigenvalue weighted by Gasteiger charge is -2.16. The first kappa shape index (κ1) is 14.3. The van der Waals surface area contributed by atoms with E-state index in [1.165, 1.54) is 12.1 Å². The standard InChI is InChI=1S/C14H11Cl2F2N/c1-7-4-10(13(18)6-12(7)17)14(19)9-3-2-8(15)5-11(9)16/h2-6,14H,19H2,1H3. The molecule has 1 atom stereocenters. The fraction of sp³-hybridized carbons (Fsp3) is 0.143. The quantitative estimate of drug-likeness (QED) is 0.860. The van der Waals surface area contributed by atoms with Crippen molar-refractivity contribution >= 4 is 23.2 Å². The molecule has 0 bridgehead atoms. The summed E-state index contributed by atoms with van der Waals surface area (Å²) in [5.74, 6) is -1.29. The van der Waals surface area contributed by atoms with E-state index < -0.39 is 17.7 Å². The number of benzene rings is 2. The van der Waals surface area contributed by atoms with Crippen molar-refractivity contribution in [1.82, 2.24) is 0 Å². The van der Waals surface area contributed by atoms with Crippen molar-refractivity contribution in [2.45, 2.75) is 13.0 Å². The second kappa shape index (κ2) is 5.45. The monoisotopic (exact) mass is 301 g/mol. The molecule has 0 radical (unpaired) electrons. The van der Waals surface area contributed by atoms with Crippen LogP contribution in [0.25, 0.3) is 0 Å². The molecule has 100 valence electrons. The van der Waals surface area contributed by atoms with Crippen LogP contribution in [0, 0.1) is 18.6 Å². The molecule has 1 nitrogen and oxygen atoms in total. The minimum absolute atomic E-state index is 0.197. The van der Waals surface area contributed by atoms with Crippen LogP contribution in [0.5, 0.6) is 0 Å². The summed E-state index contributed by atoms with van der Waals surface area (Å²) in [6, 6.07) is 6.23. The normalized spacial score (nSPS) is 12.5. The summed E-state index contributed by atoms with van der Waals surface area (Å²) in [5, 5.41) is 0.818. The van der Waals surface area contributed by atoms with E-state index in [9.17, 15) is 8.78 Å². The first-order valence-corrected chi connectivity index (χ1v) is 6.32. The Bertz CT molecular complexity index is 629. The van der Waals surface area contributed by atoms with E-state index in [2.05, 4.69) is 0 Å². The second-order valence-corrected chi connectivity index (χ2v) is 5.11. The Morgan fingerprint density at radius 3 is 2.32 bits per heavy atom. The Balaban J connectivity index is 2.49. The first-order chi connectivity index (χ1) is 8.90. The number of halogens is 4. The Morgan fingerprint density at radius 1 is 1.00 bits per heavy atom. The van der Waals surface area contributed by atoms with Gasteiger partial charge in [-0.2, -0.15) is 0 Å². The van der Waals surface area contributed by atoms with Crippen LogP contribution in [0.3, 0.4) is 0 Å². The average molecular weight is 302 g/mol. The summed E-state index contributed by atoms with van der Waals surface area (Å²) in [5.41, 5.74) is 7.06. The molecule has 5 heteroatoms. The first-order valence-electron chi connectivity index (χ1n) is 5.56. The van der Waals surface area contributed by atoms with Gasteiger partial charge in [-0.3, -0.25) is 0 Å². The molecule has 2 aromatic rings. The molecule has 2 aromatic carbocycles. The van der Waals surface area contributed by atoms with Crippen LogP contribution in [0.15, 0.2) is 30.3 Å². The van der Waals surface area contributed by atoms with Crippen molar-refractivity contribution in [2.75, 3.05) is 0 Å². The van der Waals surface area contributed by atoms with Gasteiger partial charge in [-0.25, -0.2) is 8.78 Å². The topological polar surface area (TPSA) is 26.0 Å². The lowest BCUT2D eigenvalue weighted by Crippen LogP contribution is -2.15. The third-order valence-corrected chi connectivity index (χ3v) is 3.47. The maximum Gasteiger partial charge on any atom is 0.131 e. The van der Waals surface area contributed by atoms with Gasteiger partial charge in [-0.1, -0.05) is 29.3 Å². The fourth-order valence-electron chi connectivity index (χ4n) is 1.84. The van der Waals surface area contributed by atoms with E-state index in [1.807, 2.05) is 0 Å². The lowest BCUT2D eigenvalue weighted by molar-refractivity contribution is 0.561. The summed E-state index contributed by atoms with van der Waals surface area (Å²) in [6.45, 7) is 1.55. The predicted octanol–water partition coefficient (Wildman–Crippen LogP) is 4.63. The SMILES string of the molecule is Cc1cc(C(N)c2ccc(Cl)cc2Cl)c(F)cc1F. The van der Waals surface area contributed by atoms with Crippen LogP contribution in [0.1, 0.15) is 22.7 Å². The highest BCUT2D eigenvalue weighted by Gasteiger charge is 2.18. The van der Waals surface area contributed by atoms with E-state index in [4.69, 9.17) is 28.9 Å². The average Bonchev–Trinajstić information content (AvgIpc) is 2.33. The van der Waals surface area contributed by atoms with Crippen molar-refractivity contribution in [3.63, 3.8) is 0 Å². The maximum absolute atomic E-state index is 13.8. The third kappa shape index (κ3) is 2.89. The van der Waals surface area contributed by atoms with Crippen LogP contribution in [0.2, 0.25) is 10.0 Å². The molecule has 0 aromatic heterocycles. The zero-order valence-electron chi connectivity index (χ0n) is 10.1. The van der Waals surface area contributed by atoms with E-state index in [1.54, 1.807) is 19.1 Å². The zero-order valence-corrected chi connectivity index (χ0v) is 11.6. The van der Waals surface area contributed by atoms with Gasteiger partial charge in [0.1, 0.15) is 11.6 Å². The number of hydrogen-bond acceptors (Lipinski definition) is 1. The number of nitrogens with two attached hydrogens (primary N) is 1. The summed E-state index contributed by atoms with van der Waals surface area (Å²) in [6.07, 6.45) is 0.